The maximum atomic E-state index is 5.71. The van der Waals surface area contributed by atoms with Crippen LogP contribution in [0, 0.1) is 0 Å². The predicted molar refractivity (Wildman–Crippen MR) is 60.5 cm³/mol. The van der Waals surface area contributed by atoms with Crippen LogP contribution in [0.3, 0.4) is 0 Å². The van der Waals surface area contributed by atoms with Crippen LogP contribution in [-0.4, -0.2) is 19.8 Å². The van der Waals surface area contributed by atoms with Crippen molar-refractivity contribution in [3.05, 3.63) is 22.7 Å². The van der Waals surface area contributed by atoms with Crippen molar-refractivity contribution < 1.29 is 9.47 Å². The van der Waals surface area contributed by atoms with E-state index in [1.165, 1.54) is 0 Å². The van der Waals surface area contributed by atoms with Gasteiger partial charge in [-0.3, -0.25) is 0 Å². The number of halogens is 1. The van der Waals surface area contributed by atoms with Crippen LogP contribution < -0.4 is 10.5 Å². The Bertz CT molecular complexity index is 304. The Balaban J connectivity index is 2.71. The summed E-state index contributed by atoms with van der Waals surface area (Å²) in [5.41, 5.74) is 6.39. The molecule has 1 atom stereocenters. The average Bonchev–Trinajstić information content (AvgIpc) is 2.13. The summed E-state index contributed by atoms with van der Waals surface area (Å²) < 4.78 is 11.4. The molecule has 2 N–H and O–H groups in total. The smallest absolute Gasteiger partial charge is 0.136 e. The van der Waals surface area contributed by atoms with Gasteiger partial charge >= 0.3 is 0 Å². The molecule has 3 nitrogen and oxygen atoms in total. The summed E-state index contributed by atoms with van der Waals surface area (Å²) in [6.07, 6.45) is 0.0121. The monoisotopic (exact) mass is 259 g/mol. The van der Waals surface area contributed by atoms with Crippen molar-refractivity contribution in [2.75, 3.05) is 19.5 Å². The lowest BCUT2D eigenvalue weighted by atomic mass is 10.3. The summed E-state index contributed by atoms with van der Waals surface area (Å²) in [5, 5.41) is 0. The number of nitrogen functional groups attached to an aromatic ring is 1. The number of nitrogens with two attached hydrogens (primary N) is 1. The number of hydrogen-bond acceptors (Lipinski definition) is 3. The van der Waals surface area contributed by atoms with E-state index in [1.807, 2.05) is 25.1 Å². The van der Waals surface area contributed by atoms with E-state index in [4.69, 9.17) is 15.2 Å². The second kappa shape index (κ2) is 5.22. The van der Waals surface area contributed by atoms with Crippen LogP contribution >= 0.6 is 15.9 Å². The van der Waals surface area contributed by atoms with E-state index in [0.717, 1.165) is 10.2 Å². The van der Waals surface area contributed by atoms with Gasteiger partial charge in [-0.2, -0.15) is 0 Å². The molecule has 78 valence electrons. The molecule has 1 aromatic rings. The van der Waals surface area contributed by atoms with Crippen LogP contribution in [0.2, 0.25) is 0 Å². The van der Waals surface area contributed by atoms with Crippen LogP contribution in [-0.2, 0) is 4.74 Å². The molecular formula is C10H14BrNO2. The molecule has 0 bridgehead atoms. The lowest BCUT2D eigenvalue weighted by Gasteiger charge is -2.15. The highest BCUT2D eigenvalue weighted by Gasteiger charge is 2.08. The van der Waals surface area contributed by atoms with Gasteiger partial charge < -0.3 is 15.2 Å². The standard InChI is InChI=1S/C10H14BrNO2/c1-7(6-13-2)14-9-5-3-4-8(12)10(9)11/h3-5,7H,6,12H2,1-2H3. The minimum absolute atomic E-state index is 0.0121. The van der Waals surface area contributed by atoms with Crippen molar-refractivity contribution in [1.82, 2.24) is 0 Å². The molecule has 0 fully saturated rings. The van der Waals surface area contributed by atoms with Gasteiger partial charge in [-0.05, 0) is 35.0 Å². The molecule has 0 aliphatic heterocycles. The molecule has 0 aromatic heterocycles. The third-order valence-electron chi connectivity index (χ3n) is 1.72. The summed E-state index contributed by atoms with van der Waals surface area (Å²) in [6, 6.07) is 5.54. The van der Waals surface area contributed by atoms with Crippen LogP contribution in [0.25, 0.3) is 0 Å². The second-order valence-corrected chi connectivity index (χ2v) is 3.84. The first kappa shape index (κ1) is 11.3. The molecule has 0 spiro atoms. The SMILES string of the molecule is COCC(C)Oc1cccc(N)c1Br. The molecule has 0 saturated heterocycles. The summed E-state index contributed by atoms with van der Waals surface area (Å²) in [6.45, 7) is 2.50. The first-order valence-corrected chi connectivity index (χ1v) is 5.14. The zero-order chi connectivity index (χ0) is 10.6. The van der Waals surface area contributed by atoms with Crippen molar-refractivity contribution in [1.29, 1.82) is 0 Å². The number of benzene rings is 1. The average molecular weight is 260 g/mol. The summed E-state index contributed by atoms with van der Waals surface area (Å²) >= 11 is 3.37. The van der Waals surface area contributed by atoms with E-state index in [2.05, 4.69) is 15.9 Å². The van der Waals surface area contributed by atoms with E-state index in [0.29, 0.717) is 12.3 Å². The van der Waals surface area contributed by atoms with Crippen molar-refractivity contribution in [2.45, 2.75) is 13.0 Å². The minimum Gasteiger partial charge on any atom is -0.487 e. The quantitative estimate of drug-likeness (QED) is 0.845. The Morgan fingerprint density at radius 2 is 2.21 bits per heavy atom. The maximum absolute atomic E-state index is 5.71. The van der Waals surface area contributed by atoms with E-state index >= 15 is 0 Å². The molecule has 0 aliphatic rings. The predicted octanol–water partition coefficient (Wildman–Crippen LogP) is 2.45. The molecular weight excluding hydrogens is 246 g/mol. The molecule has 1 aromatic carbocycles. The maximum Gasteiger partial charge on any atom is 0.136 e. The lowest BCUT2D eigenvalue weighted by Crippen LogP contribution is -2.18. The fourth-order valence-electron chi connectivity index (χ4n) is 1.10. The van der Waals surface area contributed by atoms with Crippen molar-refractivity contribution >= 4 is 21.6 Å². The highest BCUT2D eigenvalue weighted by atomic mass is 79.9. The van der Waals surface area contributed by atoms with Crippen LogP contribution in [0.1, 0.15) is 6.92 Å². The van der Waals surface area contributed by atoms with Gasteiger partial charge in [0.05, 0.1) is 11.1 Å². The van der Waals surface area contributed by atoms with Crippen molar-refractivity contribution in [3.8, 4) is 5.75 Å². The number of rotatable bonds is 4. The molecule has 0 amide bonds. The topological polar surface area (TPSA) is 44.5 Å². The zero-order valence-electron chi connectivity index (χ0n) is 8.29. The molecule has 0 radical (unpaired) electrons. The third kappa shape index (κ3) is 2.89. The van der Waals surface area contributed by atoms with Gasteiger partial charge in [0.2, 0.25) is 0 Å². The third-order valence-corrected chi connectivity index (χ3v) is 2.57. The summed E-state index contributed by atoms with van der Waals surface area (Å²) in [7, 11) is 1.65. The Labute approximate surface area is 92.3 Å². The first-order chi connectivity index (χ1) is 6.65. The molecule has 14 heavy (non-hydrogen) atoms. The zero-order valence-corrected chi connectivity index (χ0v) is 9.87. The van der Waals surface area contributed by atoms with Gasteiger partial charge in [-0.1, -0.05) is 6.07 Å². The molecule has 1 unspecified atom stereocenters. The molecule has 0 aliphatic carbocycles. The van der Waals surface area contributed by atoms with Gasteiger partial charge in [0, 0.05) is 12.8 Å². The normalized spacial score (nSPS) is 12.5. The number of anilines is 1. The highest BCUT2D eigenvalue weighted by molar-refractivity contribution is 9.10. The van der Waals surface area contributed by atoms with E-state index in [1.54, 1.807) is 7.11 Å². The van der Waals surface area contributed by atoms with Gasteiger partial charge in [0.25, 0.3) is 0 Å². The van der Waals surface area contributed by atoms with E-state index < -0.39 is 0 Å². The molecule has 1 rings (SSSR count). The first-order valence-electron chi connectivity index (χ1n) is 4.34. The van der Waals surface area contributed by atoms with Crippen molar-refractivity contribution in [3.63, 3.8) is 0 Å². The van der Waals surface area contributed by atoms with Crippen LogP contribution in [0.4, 0.5) is 5.69 Å². The fraction of sp³-hybridized carbons (Fsp3) is 0.400. The van der Waals surface area contributed by atoms with Crippen LogP contribution in [0.15, 0.2) is 22.7 Å². The Morgan fingerprint density at radius 3 is 2.86 bits per heavy atom. The summed E-state index contributed by atoms with van der Waals surface area (Å²) in [4.78, 5) is 0. The second-order valence-electron chi connectivity index (χ2n) is 3.04. The van der Waals surface area contributed by atoms with Gasteiger partial charge in [-0.25, -0.2) is 0 Å². The minimum atomic E-state index is 0.0121. The van der Waals surface area contributed by atoms with Gasteiger partial charge in [0.15, 0.2) is 0 Å². The number of ether oxygens (including phenoxy) is 2. The van der Waals surface area contributed by atoms with E-state index in [9.17, 15) is 0 Å². The number of hydrogen-bond donors (Lipinski definition) is 1. The number of methoxy groups -OCH3 is 1. The Morgan fingerprint density at radius 1 is 1.50 bits per heavy atom. The Kier molecular flexibility index (Phi) is 4.22. The molecule has 4 heteroatoms. The van der Waals surface area contributed by atoms with Gasteiger partial charge in [-0.15, -0.1) is 0 Å². The van der Waals surface area contributed by atoms with Gasteiger partial charge in [0.1, 0.15) is 11.9 Å². The molecule has 0 heterocycles. The Hall–Kier alpha value is -0.740. The fourth-order valence-corrected chi connectivity index (χ4v) is 1.46. The summed E-state index contributed by atoms with van der Waals surface area (Å²) in [5.74, 6) is 0.745. The lowest BCUT2D eigenvalue weighted by molar-refractivity contribution is 0.0916. The highest BCUT2D eigenvalue weighted by Crippen LogP contribution is 2.30. The largest absolute Gasteiger partial charge is 0.487 e. The van der Waals surface area contributed by atoms with Crippen molar-refractivity contribution in [2.24, 2.45) is 0 Å². The molecule has 0 saturated carbocycles. The van der Waals surface area contributed by atoms with E-state index in [-0.39, 0.29) is 6.10 Å². The van der Waals surface area contributed by atoms with Crippen LogP contribution in [0.5, 0.6) is 5.75 Å².